The molecule has 0 radical (unpaired) electrons. The second kappa shape index (κ2) is 7.58. The zero-order valence-corrected chi connectivity index (χ0v) is 15.7. The predicted molar refractivity (Wildman–Crippen MR) is 101 cm³/mol. The highest BCUT2D eigenvalue weighted by Crippen LogP contribution is 2.19. The van der Waals surface area contributed by atoms with Gasteiger partial charge in [0.25, 0.3) is 0 Å². The summed E-state index contributed by atoms with van der Waals surface area (Å²) in [5.41, 5.74) is 2.22. The van der Waals surface area contributed by atoms with Crippen molar-refractivity contribution in [2.45, 2.75) is 52.5 Å². The first kappa shape index (κ1) is 18.0. The molecule has 1 aliphatic heterocycles. The first-order chi connectivity index (χ1) is 11.9. The molecular weight excluding hydrogens is 314 g/mol. The lowest BCUT2D eigenvalue weighted by molar-refractivity contribution is -0.122. The van der Waals surface area contributed by atoms with Crippen molar-refractivity contribution in [3.63, 3.8) is 0 Å². The van der Waals surface area contributed by atoms with Crippen molar-refractivity contribution in [1.29, 1.82) is 0 Å². The summed E-state index contributed by atoms with van der Waals surface area (Å²) in [7, 11) is 0. The minimum absolute atomic E-state index is 0.0608. The van der Waals surface area contributed by atoms with Gasteiger partial charge in [0.1, 0.15) is 6.54 Å². The number of benzene rings is 1. The van der Waals surface area contributed by atoms with Crippen LogP contribution in [0.15, 0.2) is 30.3 Å². The molecule has 1 fully saturated rings. The van der Waals surface area contributed by atoms with Crippen LogP contribution in [-0.2, 0) is 16.1 Å². The number of hydrogen-bond donors (Lipinski definition) is 1. The molecule has 5 heteroatoms. The lowest BCUT2D eigenvalue weighted by Gasteiger charge is -2.39. The van der Waals surface area contributed by atoms with Gasteiger partial charge in [0.2, 0.25) is 5.91 Å². The van der Waals surface area contributed by atoms with E-state index >= 15 is 0 Å². The van der Waals surface area contributed by atoms with E-state index in [1.807, 2.05) is 19.1 Å². The minimum Gasteiger partial charge on any atom is -0.373 e. The molecule has 0 spiro atoms. The van der Waals surface area contributed by atoms with Gasteiger partial charge in [-0.25, -0.2) is 0 Å². The molecule has 1 N–H and O–H groups in total. The Bertz CT molecular complexity index is 730. The zero-order valence-electron chi connectivity index (χ0n) is 15.7. The number of nitrogens with one attached hydrogen (secondary N) is 1. The van der Waals surface area contributed by atoms with E-state index in [0.29, 0.717) is 19.1 Å². The summed E-state index contributed by atoms with van der Waals surface area (Å²) in [6, 6.07) is 10.6. The van der Waals surface area contributed by atoms with E-state index in [-0.39, 0.29) is 18.1 Å². The SMILES string of the molecule is Cc1cc2ccccc2n1CC(=O)NC[C@H](C)N1C[C@H](C)O[C@@H](C)C1. The van der Waals surface area contributed by atoms with Crippen molar-refractivity contribution in [2.24, 2.45) is 0 Å². The maximum Gasteiger partial charge on any atom is 0.240 e. The summed E-state index contributed by atoms with van der Waals surface area (Å²) in [5.74, 6) is 0.0608. The van der Waals surface area contributed by atoms with E-state index in [4.69, 9.17) is 4.74 Å². The number of amides is 1. The van der Waals surface area contributed by atoms with Crippen LogP contribution in [0, 0.1) is 6.92 Å². The van der Waals surface area contributed by atoms with Gasteiger partial charge in [0.15, 0.2) is 0 Å². The quantitative estimate of drug-likeness (QED) is 0.908. The number of ether oxygens (including phenoxy) is 1. The molecule has 1 saturated heterocycles. The number of carbonyl (C=O) groups excluding carboxylic acids is 1. The summed E-state index contributed by atoms with van der Waals surface area (Å²) < 4.78 is 7.86. The van der Waals surface area contributed by atoms with E-state index in [9.17, 15) is 4.79 Å². The van der Waals surface area contributed by atoms with E-state index in [2.05, 4.69) is 53.8 Å². The molecular formula is C20H29N3O2. The lowest BCUT2D eigenvalue weighted by atomic mass is 10.1. The van der Waals surface area contributed by atoms with Crippen molar-refractivity contribution in [1.82, 2.24) is 14.8 Å². The van der Waals surface area contributed by atoms with Gasteiger partial charge < -0.3 is 14.6 Å². The maximum atomic E-state index is 12.4. The summed E-state index contributed by atoms with van der Waals surface area (Å²) in [6.45, 7) is 11.3. The molecule has 25 heavy (non-hydrogen) atoms. The van der Waals surface area contributed by atoms with Gasteiger partial charge in [-0.3, -0.25) is 9.69 Å². The van der Waals surface area contributed by atoms with Crippen LogP contribution in [0.25, 0.3) is 10.9 Å². The van der Waals surface area contributed by atoms with E-state index in [1.165, 1.54) is 5.39 Å². The molecule has 0 bridgehead atoms. The van der Waals surface area contributed by atoms with Gasteiger partial charge in [0, 0.05) is 36.9 Å². The second-order valence-corrected chi connectivity index (χ2v) is 7.29. The normalized spacial score (nSPS) is 22.9. The van der Waals surface area contributed by atoms with Crippen molar-refractivity contribution >= 4 is 16.8 Å². The summed E-state index contributed by atoms with van der Waals surface area (Å²) in [4.78, 5) is 14.8. The molecule has 1 amide bonds. The third kappa shape index (κ3) is 4.22. The minimum atomic E-state index is 0.0608. The average molecular weight is 343 g/mol. The van der Waals surface area contributed by atoms with Crippen molar-refractivity contribution in [3.05, 3.63) is 36.0 Å². The van der Waals surface area contributed by atoms with Crippen LogP contribution in [-0.4, -0.2) is 53.3 Å². The van der Waals surface area contributed by atoms with Gasteiger partial charge in [-0.1, -0.05) is 18.2 Å². The first-order valence-electron chi connectivity index (χ1n) is 9.15. The molecule has 2 aromatic rings. The number of fused-ring (bicyclic) bond motifs is 1. The molecule has 136 valence electrons. The lowest BCUT2D eigenvalue weighted by Crippen LogP contribution is -2.52. The van der Waals surface area contributed by atoms with Crippen LogP contribution < -0.4 is 5.32 Å². The zero-order chi connectivity index (χ0) is 18.0. The van der Waals surface area contributed by atoms with Crippen LogP contribution >= 0.6 is 0 Å². The first-order valence-corrected chi connectivity index (χ1v) is 9.15. The summed E-state index contributed by atoms with van der Waals surface area (Å²) in [5, 5.41) is 4.28. The Morgan fingerprint density at radius 3 is 2.68 bits per heavy atom. The number of rotatable bonds is 5. The molecule has 5 nitrogen and oxygen atoms in total. The van der Waals surface area contributed by atoms with Crippen LogP contribution in [0.1, 0.15) is 26.5 Å². The highest BCUT2D eigenvalue weighted by atomic mass is 16.5. The number of aromatic nitrogens is 1. The third-order valence-electron chi connectivity index (χ3n) is 4.99. The standard InChI is InChI=1S/C20H29N3O2/c1-14-9-18-7-5-6-8-19(18)23(14)13-20(24)21-10-15(2)22-11-16(3)25-17(4)12-22/h5-9,15-17H,10-13H2,1-4H3,(H,21,24)/t15-,16-,17-/m0/s1. The maximum absolute atomic E-state index is 12.4. The van der Waals surface area contributed by atoms with Gasteiger partial charge in [0.05, 0.1) is 12.2 Å². The topological polar surface area (TPSA) is 46.5 Å². The number of morpholine rings is 1. The van der Waals surface area contributed by atoms with E-state index in [0.717, 1.165) is 24.3 Å². The second-order valence-electron chi connectivity index (χ2n) is 7.29. The highest BCUT2D eigenvalue weighted by molar-refractivity contribution is 5.84. The number of aryl methyl sites for hydroxylation is 1. The van der Waals surface area contributed by atoms with Crippen LogP contribution in [0.5, 0.6) is 0 Å². The van der Waals surface area contributed by atoms with Crippen LogP contribution in [0.2, 0.25) is 0 Å². The fourth-order valence-electron chi connectivity index (χ4n) is 3.73. The largest absolute Gasteiger partial charge is 0.373 e. The Morgan fingerprint density at radius 2 is 1.96 bits per heavy atom. The van der Waals surface area contributed by atoms with Gasteiger partial charge in [-0.2, -0.15) is 0 Å². The number of carbonyl (C=O) groups is 1. The Balaban J connectivity index is 1.56. The smallest absolute Gasteiger partial charge is 0.240 e. The summed E-state index contributed by atoms with van der Waals surface area (Å²) >= 11 is 0. The molecule has 0 aliphatic carbocycles. The van der Waals surface area contributed by atoms with Crippen LogP contribution in [0.3, 0.4) is 0 Å². The molecule has 1 aromatic carbocycles. The van der Waals surface area contributed by atoms with Gasteiger partial charge in [-0.05, 0) is 45.2 Å². The Labute approximate surface area is 149 Å². The fourth-order valence-corrected chi connectivity index (χ4v) is 3.73. The van der Waals surface area contributed by atoms with Crippen molar-refractivity contribution < 1.29 is 9.53 Å². The van der Waals surface area contributed by atoms with Gasteiger partial charge >= 0.3 is 0 Å². The number of nitrogens with zero attached hydrogens (tertiary/aromatic N) is 2. The average Bonchev–Trinajstić information content (AvgIpc) is 2.87. The van der Waals surface area contributed by atoms with E-state index < -0.39 is 0 Å². The third-order valence-corrected chi connectivity index (χ3v) is 4.99. The molecule has 3 rings (SSSR count). The number of para-hydroxylation sites is 1. The molecule has 3 atom stereocenters. The monoisotopic (exact) mass is 343 g/mol. The Morgan fingerprint density at radius 1 is 1.28 bits per heavy atom. The van der Waals surface area contributed by atoms with Gasteiger partial charge in [-0.15, -0.1) is 0 Å². The Kier molecular flexibility index (Phi) is 5.45. The predicted octanol–water partition coefficient (Wildman–Crippen LogP) is 2.56. The van der Waals surface area contributed by atoms with E-state index in [1.54, 1.807) is 0 Å². The Hall–Kier alpha value is -1.85. The molecule has 0 unspecified atom stereocenters. The number of hydrogen-bond acceptors (Lipinski definition) is 3. The molecule has 1 aromatic heterocycles. The van der Waals surface area contributed by atoms with Crippen molar-refractivity contribution in [2.75, 3.05) is 19.6 Å². The molecule has 1 aliphatic rings. The molecule has 0 saturated carbocycles. The highest BCUT2D eigenvalue weighted by Gasteiger charge is 2.25. The van der Waals surface area contributed by atoms with Crippen LogP contribution in [0.4, 0.5) is 0 Å². The molecule has 2 heterocycles. The summed E-state index contributed by atoms with van der Waals surface area (Å²) in [6.07, 6.45) is 0.492. The van der Waals surface area contributed by atoms with Crippen molar-refractivity contribution in [3.8, 4) is 0 Å². The fraction of sp³-hybridized carbons (Fsp3) is 0.550.